The van der Waals surface area contributed by atoms with E-state index < -0.39 is 21.7 Å². The number of nitrogens with zero attached hydrogens (tertiary/aromatic N) is 2. The lowest BCUT2D eigenvalue weighted by Gasteiger charge is -2.23. The Labute approximate surface area is 170 Å². The van der Waals surface area contributed by atoms with Crippen molar-refractivity contribution in [1.82, 2.24) is 10.5 Å². The van der Waals surface area contributed by atoms with Gasteiger partial charge in [0.05, 0.1) is 35.5 Å². The van der Waals surface area contributed by atoms with E-state index in [0.29, 0.717) is 23.4 Å². The van der Waals surface area contributed by atoms with Gasteiger partial charge >= 0.3 is 0 Å². The van der Waals surface area contributed by atoms with Crippen LogP contribution in [0.2, 0.25) is 0 Å². The Hall–Kier alpha value is -2.72. The van der Waals surface area contributed by atoms with E-state index >= 15 is 0 Å². The lowest BCUT2D eigenvalue weighted by molar-refractivity contribution is 0.0365. The molecule has 158 valence electrons. The van der Waals surface area contributed by atoms with E-state index in [9.17, 15) is 17.6 Å². The van der Waals surface area contributed by atoms with E-state index in [4.69, 9.17) is 4.84 Å². The number of hydrogen-bond acceptors (Lipinski definition) is 6. The fourth-order valence-electron chi connectivity index (χ4n) is 2.60. The number of aryl methyl sites for hydroxylation is 2. The average molecular weight is 424 g/mol. The molecule has 0 fully saturated rings. The van der Waals surface area contributed by atoms with Crippen LogP contribution in [0.5, 0.6) is 0 Å². The maximum Gasteiger partial charge on any atom is 0.278 e. The predicted octanol–water partition coefficient (Wildman–Crippen LogP) is 2.91. The molecule has 1 amide bonds. The second-order valence-corrected chi connectivity index (χ2v) is 8.42. The van der Waals surface area contributed by atoms with Crippen molar-refractivity contribution >= 4 is 33.0 Å². The van der Waals surface area contributed by atoms with Gasteiger partial charge in [0, 0.05) is 18.9 Å². The number of hydrogen-bond donors (Lipinski definition) is 2. The van der Waals surface area contributed by atoms with Gasteiger partial charge in [0.15, 0.2) is 0 Å². The summed E-state index contributed by atoms with van der Waals surface area (Å²) in [6.07, 6.45) is 2.82. The molecule has 8 nitrogen and oxygen atoms in total. The summed E-state index contributed by atoms with van der Waals surface area (Å²) >= 11 is 0. The Balaban J connectivity index is 2.58. The summed E-state index contributed by atoms with van der Waals surface area (Å²) in [6.45, 7) is 5.51. The normalized spacial score (nSPS) is 11.2. The van der Waals surface area contributed by atoms with Gasteiger partial charge in [-0.15, -0.1) is 0 Å². The maximum atomic E-state index is 14.5. The van der Waals surface area contributed by atoms with Crippen molar-refractivity contribution in [3.05, 3.63) is 47.0 Å². The number of sulfonamides is 1. The molecule has 1 aromatic carbocycles. The van der Waals surface area contributed by atoms with Crippen LogP contribution in [-0.2, 0) is 21.3 Å². The molecule has 10 heteroatoms. The van der Waals surface area contributed by atoms with Crippen molar-refractivity contribution in [3.63, 3.8) is 0 Å². The zero-order chi connectivity index (χ0) is 21.8. The number of amides is 1. The minimum atomic E-state index is -3.60. The third kappa shape index (κ3) is 5.42. The fourth-order valence-corrected chi connectivity index (χ4v) is 3.11. The van der Waals surface area contributed by atoms with Crippen LogP contribution < -0.4 is 15.1 Å². The minimum Gasteiger partial charge on any atom is -0.353 e. The van der Waals surface area contributed by atoms with Crippen LogP contribution in [0, 0.1) is 12.7 Å². The SMILES string of the molecule is CCONC(=O)c1cnc(C)cc1Nc1cc(F)c(CC)cc1N(C)S(C)(=O)=O. The topological polar surface area (TPSA) is 101 Å². The minimum absolute atomic E-state index is 0.164. The number of carbonyl (C=O) groups excluding carboxylic acids is 1. The maximum absolute atomic E-state index is 14.5. The van der Waals surface area contributed by atoms with E-state index in [1.165, 1.54) is 25.4 Å². The Kier molecular flexibility index (Phi) is 7.15. The molecule has 2 rings (SSSR count). The standard InChI is InChI=1S/C19H25FN4O4S/c1-6-13-9-18(24(4)29(5,26)27)17(10-15(13)20)22-16-8-12(3)21-11-14(16)19(25)23-28-7-2/h8-11H,6-7H2,1-5H3,(H,21,22)(H,23,25). The van der Waals surface area contributed by atoms with Crippen molar-refractivity contribution in [1.29, 1.82) is 0 Å². The summed E-state index contributed by atoms with van der Waals surface area (Å²) in [6, 6.07) is 4.30. The van der Waals surface area contributed by atoms with Crippen molar-refractivity contribution < 1.29 is 22.4 Å². The molecule has 1 aromatic heterocycles. The summed E-state index contributed by atoms with van der Waals surface area (Å²) in [5.74, 6) is -1.02. The monoisotopic (exact) mass is 424 g/mol. The summed E-state index contributed by atoms with van der Waals surface area (Å²) in [5, 5.41) is 2.98. The Morgan fingerprint density at radius 3 is 2.52 bits per heavy atom. The summed E-state index contributed by atoms with van der Waals surface area (Å²) < 4.78 is 39.7. The molecule has 0 aliphatic heterocycles. The van der Waals surface area contributed by atoms with Crippen LogP contribution in [0.4, 0.5) is 21.5 Å². The molecule has 0 spiro atoms. The number of hydroxylamine groups is 1. The molecule has 0 saturated heterocycles. The van der Waals surface area contributed by atoms with Crippen LogP contribution in [0.15, 0.2) is 24.4 Å². The molecule has 0 saturated carbocycles. The van der Waals surface area contributed by atoms with E-state index in [1.807, 2.05) is 0 Å². The van der Waals surface area contributed by atoms with Crippen molar-refractivity contribution in [2.45, 2.75) is 27.2 Å². The molecule has 1 heterocycles. The highest BCUT2D eigenvalue weighted by Crippen LogP contribution is 2.33. The van der Waals surface area contributed by atoms with Crippen molar-refractivity contribution in [2.75, 3.05) is 29.5 Å². The third-order valence-corrected chi connectivity index (χ3v) is 5.44. The lowest BCUT2D eigenvalue weighted by Crippen LogP contribution is -2.26. The second-order valence-electron chi connectivity index (χ2n) is 6.41. The van der Waals surface area contributed by atoms with Gasteiger partial charge < -0.3 is 5.32 Å². The van der Waals surface area contributed by atoms with E-state index in [2.05, 4.69) is 15.8 Å². The summed E-state index contributed by atoms with van der Waals surface area (Å²) in [5.41, 5.74) is 4.23. The molecule has 2 N–H and O–H groups in total. The van der Waals surface area contributed by atoms with E-state index in [0.717, 1.165) is 10.6 Å². The lowest BCUT2D eigenvalue weighted by atomic mass is 10.1. The Morgan fingerprint density at radius 1 is 1.24 bits per heavy atom. The Morgan fingerprint density at radius 2 is 1.93 bits per heavy atom. The third-order valence-electron chi connectivity index (χ3n) is 4.25. The van der Waals surface area contributed by atoms with Gasteiger partial charge in [0.1, 0.15) is 5.82 Å². The second kappa shape index (κ2) is 9.19. The first kappa shape index (κ1) is 22.6. The number of benzene rings is 1. The summed E-state index contributed by atoms with van der Waals surface area (Å²) in [4.78, 5) is 21.4. The quantitative estimate of drug-likeness (QED) is 0.632. The molecule has 0 aliphatic rings. The van der Waals surface area contributed by atoms with Gasteiger partial charge in [-0.1, -0.05) is 6.92 Å². The molecule has 0 aliphatic carbocycles. The largest absolute Gasteiger partial charge is 0.353 e. The van der Waals surface area contributed by atoms with Crippen LogP contribution in [0.3, 0.4) is 0 Å². The van der Waals surface area contributed by atoms with E-state index in [-0.39, 0.29) is 23.5 Å². The molecule has 29 heavy (non-hydrogen) atoms. The number of halogens is 1. The first-order valence-corrected chi connectivity index (χ1v) is 10.8. The molecule has 0 radical (unpaired) electrons. The first-order valence-electron chi connectivity index (χ1n) is 9.00. The Bertz CT molecular complexity index is 1010. The molecular formula is C19H25FN4O4S. The predicted molar refractivity (Wildman–Crippen MR) is 110 cm³/mol. The van der Waals surface area contributed by atoms with Crippen LogP contribution in [0.1, 0.15) is 35.5 Å². The molecule has 0 atom stereocenters. The van der Waals surface area contributed by atoms with Crippen LogP contribution in [0.25, 0.3) is 0 Å². The summed E-state index contributed by atoms with van der Waals surface area (Å²) in [7, 11) is -2.21. The fraction of sp³-hybridized carbons (Fsp3) is 0.368. The zero-order valence-corrected chi connectivity index (χ0v) is 17.9. The first-order chi connectivity index (χ1) is 13.6. The van der Waals surface area contributed by atoms with Crippen molar-refractivity contribution in [3.8, 4) is 0 Å². The van der Waals surface area contributed by atoms with Gasteiger partial charge in [-0.25, -0.2) is 18.3 Å². The van der Waals surface area contributed by atoms with Gasteiger partial charge in [0.25, 0.3) is 5.91 Å². The number of nitrogens with one attached hydrogen (secondary N) is 2. The van der Waals surface area contributed by atoms with Crippen LogP contribution >= 0.6 is 0 Å². The molecular weight excluding hydrogens is 399 g/mol. The molecule has 2 aromatic rings. The molecule has 0 unspecified atom stereocenters. The number of anilines is 3. The highest BCUT2D eigenvalue weighted by atomic mass is 32.2. The van der Waals surface area contributed by atoms with Gasteiger partial charge in [0.2, 0.25) is 10.0 Å². The highest BCUT2D eigenvalue weighted by Gasteiger charge is 2.21. The molecule has 0 bridgehead atoms. The van der Waals surface area contributed by atoms with Crippen molar-refractivity contribution in [2.24, 2.45) is 0 Å². The number of rotatable bonds is 8. The number of aromatic nitrogens is 1. The smallest absolute Gasteiger partial charge is 0.278 e. The van der Waals surface area contributed by atoms with Gasteiger partial charge in [-0.3, -0.25) is 18.9 Å². The van der Waals surface area contributed by atoms with Crippen LogP contribution in [-0.4, -0.2) is 39.2 Å². The van der Waals surface area contributed by atoms with Gasteiger partial charge in [-0.05, 0) is 44.0 Å². The van der Waals surface area contributed by atoms with Gasteiger partial charge in [-0.2, -0.15) is 0 Å². The zero-order valence-electron chi connectivity index (χ0n) is 17.0. The number of pyridine rings is 1. The highest BCUT2D eigenvalue weighted by molar-refractivity contribution is 7.92. The average Bonchev–Trinajstić information content (AvgIpc) is 2.65. The van der Waals surface area contributed by atoms with E-state index in [1.54, 1.807) is 26.8 Å². The number of carbonyl (C=O) groups is 1.